The molecule has 0 radical (unpaired) electrons. The fourth-order valence-electron chi connectivity index (χ4n) is 7.51. The van der Waals surface area contributed by atoms with E-state index in [2.05, 4.69) is 32.9 Å². The second-order valence-electron chi connectivity index (χ2n) is 15.3. The van der Waals surface area contributed by atoms with Crippen LogP contribution in [0.4, 0.5) is 4.79 Å². The minimum absolute atomic E-state index is 0.121. The Morgan fingerprint density at radius 1 is 0.655 bits per heavy atom. The molecule has 0 bridgehead atoms. The van der Waals surface area contributed by atoms with Crippen LogP contribution >= 0.6 is 0 Å². The molecule has 10 nitrogen and oxygen atoms in total. The number of carbonyl (C=O) groups is 2. The third kappa shape index (κ3) is 12.1. The summed E-state index contributed by atoms with van der Waals surface area (Å²) in [6.45, 7) is 13.3. The summed E-state index contributed by atoms with van der Waals surface area (Å²) in [6.07, 6.45) is -0.509. The average molecular weight is 760 g/mol. The van der Waals surface area contributed by atoms with Crippen LogP contribution in [0.25, 0.3) is 0 Å². The van der Waals surface area contributed by atoms with Gasteiger partial charge in [-0.05, 0) is 47.8 Å². The number of ether oxygens (including phenoxy) is 7. The van der Waals surface area contributed by atoms with Crippen LogP contribution in [-0.4, -0.2) is 74.7 Å². The zero-order chi connectivity index (χ0) is 39.2. The van der Waals surface area contributed by atoms with Gasteiger partial charge >= 0.3 is 12.1 Å². The van der Waals surface area contributed by atoms with E-state index < -0.39 is 24.7 Å². The summed E-state index contributed by atoms with van der Waals surface area (Å²) in [5.74, 6) is -0.207. The first-order valence-corrected chi connectivity index (χ1v) is 19.9. The van der Waals surface area contributed by atoms with Crippen LogP contribution in [0.5, 0.6) is 0 Å². The third-order valence-electron chi connectivity index (χ3n) is 11.4. The number of rotatable bonds is 18. The summed E-state index contributed by atoms with van der Waals surface area (Å²) in [5.41, 5.74) is 3.11. The maximum atomic E-state index is 13.2. The summed E-state index contributed by atoms with van der Waals surface area (Å²) < 4.78 is 43.0. The molecule has 300 valence electrons. The number of esters is 1. The van der Waals surface area contributed by atoms with E-state index in [1.165, 1.54) is 7.11 Å². The minimum Gasteiger partial charge on any atom is -0.467 e. The lowest BCUT2D eigenvalue weighted by molar-refractivity contribution is -0.322. The van der Waals surface area contributed by atoms with Crippen molar-refractivity contribution >= 4 is 12.1 Å². The number of hydrogen-bond donors (Lipinski definition) is 0. The van der Waals surface area contributed by atoms with E-state index in [0.717, 1.165) is 36.0 Å². The summed E-state index contributed by atoms with van der Waals surface area (Å²) in [6, 6.07) is 29.8. The highest BCUT2D eigenvalue weighted by molar-refractivity contribution is 5.75. The fourth-order valence-corrected chi connectivity index (χ4v) is 7.51. The van der Waals surface area contributed by atoms with Crippen LogP contribution in [0.3, 0.4) is 0 Å². The van der Waals surface area contributed by atoms with E-state index in [1.807, 2.05) is 92.7 Å². The molecule has 2 aliphatic rings. The lowest BCUT2D eigenvalue weighted by Crippen LogP contribution is -2.57. The van der Waals surface area contributed by atoms with Crippen LogP contribution in [0.1, 0.15) is 70.6 Å². The van der Waals surface area contributed by atoms with Gasteiger partial charge in [-0.25, -0.2) is 9.59 Å². The molecule has 3 aromatic carbocycles. The van der Waals surface area contributed by atoms with Gasteiger partial charge in [-0.2, -0.15) is 0 Å². The van der Waals surface area contributed by atoms with E-state index in [9.17, 15) is 9.59 Å². The monoisotopic (exact) mass is 759 g/mol. The van der Waals surface area contributed by atoms with Crippen molar-refractivity contribution in [2.75, 3.05) is 26.9 Å². The number of methoxy groups -OCH3 is 1. The van der Waals surface area contributed by atoms with Gasteiger partial charge in [-0.15, -0.1) is 0 Å². The van der Waals surface area contributed by atoms with Crippen molar-refractivity contribution in [1.82, 2.24) is 4.90 Å². The highest BCUT2D eigenvalue weighted by Crippen LogP contribution is 2.40. The Morgan fingerprint density at radius 3 is 1.91 bits per heavy atom. The lowest BCUT2D eigenvalue weighted by Gasteiger charge is -2.48. The summed E-state index contributed by atoms with van der Waals surface area (Å²) in [7, 11) is 1.37. The van der Waals surface area contributed by atoms with Crippen molar-refractivity contribution in [2.45, 2.75) is 105 Å². The fraction of sp³-hybridized carbons (Fsp3) is 0.556. The predicted molar refractivity (Wildman–Crippen MR) is 209 cm³/mol. The van der Waals surface area contributed by atoms with Crippen LogP contribution in [0.15, 0.2) is 91.0 Å². The Balaban J connectivity index is 1.14. The molecule has 0 saturated carbocycles. The Bertz CT molecular complexity index is 1560. The van der Waals surface area contributed by atoms with Crippen molar-refractivity contribution in [3.8, 4) is 0 Å². The average Bonchev–Trinajstić information content (AvgIpc) is 3.21. The second kappa shape index (κ2) is 21.5. The molecule has 2 saturated heterocycles. The first-order valence-electron chi connectivity index (χ1n) is 19.9. The van der Waals surface area contributed by atoms with Crippen molar-refractivity contribution in [2.24, 2.45) is 29.6 Å². The summed E-state index contributed by atoms with van der Waals surface area (Å²) in [4.78, 5) is 27.9. The number of unbranched alkanes of at least 4 members (excludes halogenated alkanes) is 2. The molecular formula is C45H61NO9. The first-order chi connectivity index (χ1) is 26.7. The van der Waals surface area contributed by atoms with Crippen molar-refractivity contribution in [3.05, 3.63) is 108 Å². The standard InChI is InChI=1S/C45H61NO9/c1-31-32(2)39(30-50-28-37-21-13-8-14-22-37)53-44(33(31)3)54-40-34(4)41(42(47)49-6)55-43(35(40)5)51-26-18-10-17-25-46(27-36-19-11-7-12-20-36)45(48)52-29-38-23-15-9-16-24-38/h7-9,11-16,19-24,31-35,39-41,43-44H,10,17-18,25-30H2,1-6H3/t31-,32+,33?,34+,35?,39?,40-,41?,43?,44-/m0/s1. The Kier molecular flexibility index (Phi) is 16.5. The molecule has 5 rings (SSSR count). The van der Waals surface area contributed by atoms with Gasteiger partial charge in [0.2, 0.25) is 0 Å². The van der Waals surface area contributed by atoms with Gasteiger partial charge in [-0.1, -0.05) is 126 Å². The van der Waals surface area contributed by atoms with Gasteiger partial charge in [0.15, 0.2) is 18.7 Å². The zero-order valence-electron chi connectivity index (χ0n) is 33.4. The van der Waals surface area contributed by atoms with Crippen LogP contribution in [-0.2, 0) is 57.7 Å². The predicted octanol–water partition coefficient (Wildman–Crippen LogP) is 8.42. The maximum absolute atomic E-state index is 13.2. The summed E-state index contributed by atoms with van der Waals surface area (Å²) in [5, 5.41) is 0. The largest absolute Gasteiger partial charge is 0.467 e. The van der Waals surface area contributed by atoms with E-state index >= 15 is 0 Å². The van der Waals surface area contributed by atoms with Crippen molar-refractivity contribution < 1.29 is 42.7 Å². The molecule has 1 amide bonds. The quantitative estimate of drug-likeness (QED) is 0.0935. The molecule has 2 fully saturated rings. The molecule has 0 spiro atoms. The number of hydrogen-bond acceptors (Lipinski definition) is 9. The lowest BCUT2D eigenvalue weighted by atomic mass is 9.78. The highest BCUT2D eigenvalue weighted by atomic mass is 16.7. The van der Waals surface area contributed by atoms with Gasteiger partial charge < -0.3 is 38.1 Å². The van der Waals surface area contributed by atoms with Gasteiger partial charge in [0.05, 0.1) is 32.5 Å². The Morgan fingerprint density at radius 2 is 1.27 bits per heavy atom. The van der Waals surface area contributed by atoms with E-state index in [0.29, 0.717) is 38.8 Å². The maximum Gasteiger partial charge on any atom is 0.410 e. The minimum atomic E-state index is -0.843. The second-order valence-corrected chi connectivity index (χ2v) is 15.3. The zero-order valence-corrected chi connectivity index (χ0v) is 33.4. The Hall–Kier alpha value is -3.80. The van der Waals surface area contributed by atoms with Gasteiger partial charge in [-0.3, -0.25) is 0 Å². The summed E-state index contributed by atoms with van der Waals surface area (Å²) >= 11 is 0. The molecule has 10 atom stereocenters. The van der Waals surface area contributed by atoms with Gasteiger partial charge in [0.25, 0.3) is 0 Å². The van der Waals surface area contributed by atoms with Crippen molar-refractivity contribution in [3.63, 3.8) is 0 Å². The smallest absolute Gasteiger partial charge is 0.410 e. The molecule has 55 heavy (non-hydrogen) atoms. The van der Waals surface area contributed by atoms with E-state index in [-0.39, 0.29) is 48.6 Å². The highest BCUT2D eigenvalue weighted by Gasteiger charge is 2.49. The molecule has 5 unspecified atom stereocenters. The molecule has 2 heterocycles. The molecule has 10 heteroatoms. The van der Waals surface area contributed by atoms with Crippen LogP contribution in [0.2, 0.25) is 0 Å². The van der Waals surface area contributed by atoms with Gasteiger partial charge in [0.1, 0.15) is 6.61 Å². The molecular weight excluding hydrogens is 698 g/mol. The molecule has 0 N–H and O–H groups in total. The third-order valence-corrected chi connectivity index (χ3v) is 11.4. The molecule has 0 aliphatic carbocycles. The number of nitrogens with zero attached hydrogens (tertiary/aromatic N) is 1. The SMILES string of the molecule is COC(=O)C1OC(OCCCCCN(Cc2ccccc2)C(=O)OCc2ccccc2)C(C)[C@@H](O[C@@H]2OC(COCc3ccccc3)[C@H](C)[C@H](C)C2C)[C@H]1C. The van der Waals surface area contributed by atoms with Crippen molar-refractivity contribution in [1.29, 1.82) is 0 Å². The number of amides is 1. The van der Waals surface area contributed by atoms with E-state index in [4.69, 9.17) is 33.2 Å². The first kappa shape index (κ1) is 42.3. The normalized spacial score (nSPS) is 28.0. The Labute approximate surface area is 327 Å². The molecule has 3 aromatic rings. The number of benzene rings is 3. The molecule has 0 aromatic heterocycles. The van der Waals surface area contributed by atoms with Crippen LogP contribution in [0, 0.1) is 29.6 Å². The topological polar surface area (TPSA) is 102 Å². The van der Waals surface area contributed by atoms with Crippen LogP contribution < -0.4 is 0 Å². The van der Waals surface area contributed by atoms with Gasteiger partial charge in [0, 0.05) is 37.5 Å². The van der Waals surface area contributed by atoms with E-state index in [1.54, 1.807) is 4.90 Å². The number of carbonyl (C=O) groups excluding carboxylic acids is 2. The molecule has 2 aliphatic heterocycles.